The Kier molecular flexibility index (Phi) is 3.46. The second kappa shape index (κ2) is 4.85. The highest BCUT2D eigenvalue weighted by Crippen LogP contribution is 2.32. The van der Waals surface area contributed by atoms with Crippen LogP contribution >= 0.6 is 0 Å². The maximum atomic E-state index is 11.7. The van der Waals surface area contributed by atoms with Crippen molar-refractivity contribution in [2.45, 2.75) is 45.1 Å². The van der Waals surface area contributed by atoms with Gasteiger partial charge in [-0.25, -0.2) is 0 Å². The van der Waals surface area contributed by atoms with Crippen molar-refractivity contribution < 1.29 is 14.3 Å². The standard InChI is InChI=1S/C12H19NO3/c1-2-3-6-16-12(15)9-7-11(14)13(8-9)10-4-5-10/h9-10H,2-8H2,1H3. The van der Waals surface area contributed by atoms with Gasteiger partial charge in [-0.15, -0.1) is 0 Å². The van der Waals surface area contributed by atoms with Gasteiger partial charge < -0.3 is 9.64 Å². The number of carbonyl (C=O) groups excluding carboxylic acids is 2. The summed E-state index contributed by atoms with van der Waals surface area (Å²) in [5, 5.41) is 0. The van der Waals surface area contributed by atoms with Crippen molar-refractivity contribution in [3.8, 4) is 0 Å². The van der Waals surface area contributed by atoms with Crippen molar-refractivity contribution in [1.29, 1.82) is 0 Å². The number of hydrogen-bond donors (Lipinski definition) is 0. The zero-order valence-electron chi connectivity index (χ0n) is 9.78. The minimum atomic E-state index is -0.218. The molecule has 1 heterocycles. The topological polar surface area (TPSA) is 46.6 Å². The number of ether oxygens (including phenoxy) is 1. The van der Waals surface area contributed by atoms with Crippen LogP contribution in [0.1, 0.15) is 39.0 Å². The van der Waals surface area contributed by atoms with Crippen molar-refractivity contribution in [1.82, 2.24) is 4.90 Å². The molecule has 0 N–H and O–H groups in total. The Bertz CT molecular complexity index is 286. The predicted molar refractivity (Wildman–Crippen MR) is 58.7 cm³/mol. The fourth-order valence-corrected chi connectivity index (χ4v) is 2.06. The summed E-state index contributed by atoms with van der Waals surface area (Å²) in [5.74, 6) is -0.283. The summed E-state index contributed by atoms with van der Waals surface area (Å²) in [5.41, 5.74) is 0. The Balaban J connectivity index is 1.77. The van der Waals surface area contributed by atoms with E-state index in [-0.39, 0.29) is 17.8 Å². The average molecular weight is 225 g/mol. The van der Waals surface area contributed by atoms with E-state index in [4.69, 9.17) is 4.74 Å². The zero-order valence-corrected chi connectivity index (χ0v) is 9.78. The van der Waals surface area contributed by atoms with Gasteiger partial charge in [0.05, 0.1) is 12.5 Å². The lowest BCUT2D eigenvalue weighted by atomic mass is 10.1. The molecule has 0 aromatic heterocycles. The molecule has 2 aliphatic rings. The zero-order chi connectivity index (χ0) is 11.5. The van der Waals surface area contributed by atoms with Crippen molar-refractivity contribution in [3.05, 3.63) is 0 Å². The number of likely N-dealkylation sites (tertiary alicyclic amines) is 1. The summed E-state index contributed by atoms with van der Waals surface area (Å²) in [4.78, 5) is 25.1. The van der Waals surface area contributed by atoms with Crippen molar-refractivity contribution >= 4 is 11.9 Å². The largest absolute Gasteiger partial charge is 0.465 e. The summed E-state index contributed by atoms with van der Waals surface area (Å²) in [6.07, 6.45) is 4.47. The first kappa shape index (κ1) is 11.4. The minimum Gasteiger partial charge on any atom is -0.465 e. The van der Waals surface area contributed by atoms with Crippen LogP contribution in [-0.4, -0.2) is 36.0 Å². The van der Waals surface area contributed by atoms with Crippen LogP contribution in [0.3, 0.4) is 0 Å². The highest BCUT2D eigenvalue weighted by Gasteiger charge is 2.42. The van der Waals surface area contributed by atoms with Crippen LogP contribution in [0.4, 0.5) is 0 Å². The molecule has 0 radical (unpaired) electrons. The summed E-state index contributed by atoms with van der Waals surface area (Å²) in [6.45, 7) is 3.12. The van der Waals surface area contributed by atoms with Crippen molar-refractivity contribution in [2.75, 3.05) is 13.2 Å². The van der Waals surface area contributed by atoms with E-state index in [1.54, 1.807) is 0 Å². The minimum absolute atomic E-state index is 0.125. The van der Waals surface area contributed by atoms with Crippen LogP contribution < -0.4 is 0 Å². The Labute approximate surface area is 95.9 Å². The van der Waals surface area contributed by atoms with Gasteiger partial charge >= 0.3 is 5.97 Å². The fraction of sp³-hybridized carbons (Fsp3) is 0.833. The van der Waals surface area contributed by atoms with E-state index in [1.807, 2.05) is 4.90 Å². The number of amides is 1. The van der Waals surface area contributed by atoms with E-state index >= 15 is 0 Å². The lowest BCUT2D eigenvalue weighted by Gasteiger charge is -2.14. The molecule has 0 aromatic carbocycles. The molecule has 2 fully saturated rings. The van der Waals surface area contributed by atoms with Crippen LogP contribution in [-0.2, 0) is 14.3 Å². The van der Waals surface area contributed by atoms with E-state index in [2.05, 4.69) is 6.92 Å². The average Bonchev–Trinajstić information content (AvgIpc) is 3.02. The van der Waals surface area contributed by atoms with Crippen LogP contribution in [0, 0.1) is 5.92 Å². The van der Waals surface area contributed by atoms with Crippen LogP contribution in [0.15, 0.2) is 0 Å². The first-order valence-corrected chi connectivity index (χ1v) is 6.18. The molecule has 1 amide bonds. The van der Waals surface area contributed by atoms with Gasteiger partial charge in [0.15, 0.2) is 0 Å². The Morgan fingerprint density at radius 1 is 1.50 bits per heavy atom. The number of hydrogen-bond acceptors (Lipinski definition) is 3. The molecular formula is C12H19NO3. The number of rotatable bonds is 5. The number of carbonyl (C=O) groups is 2. The fourth-order valence-electron chi connectivity index (χ4n) is 2.06. The van der Waals surface area contributed by atoms with Crippen LogP contribution in [0.2, 0.25) is 0 Å². The molecule has 16 heavy (non-hydrogen) atoms. The molecule has 1 atom stereocenters. The summed E-state index contributed by atoms with van der Waals surface area (Å²) in [7, 11) is 0. The second-order valence-electron chi connectivity index (χ2n) is 4.70. The maximum absolute atomic E-state index is 11.7. The predicted octanol–water partition coefficient (Wildman–Crippen LogP) is 1.34. The van der Waals surface area contributed by atoms with Gasteiger partial charge in [-0.3, -0.25) is 9.59 Å². The van der Waals surface area contributed by atoms with Gasteiger partial charge in [-0.2, -0.15) is 0 Å². The number of unbranched alkanes of at least 4 members (excludes halogenated alkanes) is 1. The molecule has 1 saturated carbocycles. The molecule has 2 rings (SSSR count). The molecule has 1 unspecified atom stereocenters. The van der Waals surface area contributed by atoms with Gasteiger partial charge in [-0.05, 0) is 19.3 Å². The molecule has 1 aliphatic heterocycles. The van der Waals surface area contributed by atoms with Crippen molar-refractivity contribution in [3.63, 3.8) is 0 Å². The first-order chi connectivity index (χ1) is 7.72. The molecule has 4 heteroatoms. The molecule has 1 aliphatic carbocycles. The highest BCUT2D eigenvalue weighted by atomic mass is 16.5. The molecule has 0 spiro atoms. The Morgan fingerprint density at radius 2 is 2.25 bits per heavy atom. The van der Waals surface area contributed by atoms with Gasteiger partial charge in [0.2, 0.25) is 5.91 Å². The summed E-state index contributed by atoms with van der Waals surface area (Å²) in [6, 6.07) is 0.418. The molecule has 1 saturated heterocycles. The second-order valence-corrected chi connectivity index (χ2v) is 4.70. The Morgan fingerprint density at radius 3 is 2.88 bits per heavy atom. The third kappa shape index (κ3) is 2.54. The number of esters is 1. The Hall–Kier alpha value is -1.06. The lowest BCUT2D eigenvalue weighted by Crippen LogP contribution is -2.28. The molecular weight excluding hydrogens is 206 g/mol. The van der Waals surface area contributed by atoms with Crippen LogP contribution in [0.5, 0.6) is 0 Å². The maximum Gasteiger partial charge on any atom is 0.311 e. The van der Waals surface area contributed by atoms with Gasteiger partial charge in [0.1, 0.15) is 0 Å². The SMILES string of the molecule is CCCCOC(=O)C1CC(=O)N(C2CC2)C1. The van der Waals surface area contributed by atoms with E-state index in [0.717, 1.165) is 25.7 Å². The normalized spacial score (nSPS) is 24.9. The van der Waals surface area contributed by atoms with Crippen LogP contribution in [0.25, 0.3) is 0 Å². The molecule has 0 aromatic rings. The molecule has 4 nitrogen and oxygen atoms in total. The number of nitrogens with zero attached hydrogens (tertiary/aromatic N) is 1. The molecule has 90 valence electrons. The first-order valence-electron chi connectivity index (χ1n) is 6.18. The van der Waals surface area contributed by atoms with E-state index < -0.39 is 0 Å². The highest BCUT2D eigenvalue weighted by molar-refractivity contribution is 5.87. The lowest BCUT2D eigenvalue weighted by molar-refractivity contribution is -0.148. The smallest absolute Gasteiger partial charge is 0.311 e. The quantitative estimate of drug-likeness (QED) is 0.524. The molecule has 0 bridgehead atoms. The van der Waals surface area contributed by atoms with E-state index in [0.29, 0.717) is 25.6 Å². The summed E-state index contributed by atoms with van der Waals surface area (Å²) < 4.78 is 5.15. The third-order valence-electron chi connectivity index (χ3n) is 3.22. The van der Waals surface area contributed by atoms with Gasteiger partial charge in [0, 0.05) is 19.0 Å². The van der Waals surface area contributed by atoms with Gasteiger partial charge in [0.25, 0.3) is 0 Å². The monoisotopic (exact) mass is 225 g/mol. The van der Waals surface area contributed by atoms with E-state index in [1.165, 1.54) is 0 Å². The van der Waals surface area contributed by atoms with E-state index in [9.17, 15) is 9.59 Å². The third-order valence-corrected chi connectivity index (χ3v) is 3.22. The van der Waals surface area contributed by atoms with Crippen molar-refractivity contribution in [2.24, 2.45) is 5.92 Å². The summed E-state index contributed by atoms with van der Waals surface area (Å²) >= 11 is 0. The van der Waals surface area contributed by atoms with Gasteiger partial charge in [-0.1, -0.05) is 13.3 Å².